The van der Waals surface area contributed by atoms with Crippen molar-refractivity contribution in [2.24, 2.45) is 0 Å². The molecule has 1 aromatic carbocycles. The molecule has 0 saturated heterocycles. The number of carbonyl (C=O) groups excluding carboxylic acids is 1. The van der Waals surface area contributed by atoms with Crippen LogP contribution >= 0.6 is 0 Å². The molecule has 0 heterocycles. The zero-order valence-electron chi connectivity index (χ0n) is 13.0. The fourth-order valence-corrected chi connectivity index (χ4v) is 1.98. The van der Waals surface area contributed by atoms with Crippen molar-refractivity contribution in [1.82, 2.24) is 9.80 Å². The Morgan fingerprint density at radius 3 is 2.37 bits per heavy atom. The first kappa shape index (κ1) is 15.9. The van der Waals surface area contributed by atoms with Crippen LogP contribution in [0.1, 0.15) is 28.4 Å². The number of hydrogen-bond donors (Lipinski definition) is 0. The number of rotatable bonds is 6. The summed E-state index contributed by atoms with van der Waals surface area (Å²) < 4.78 is 0. The average Bonchev–Trinajstić information content (AvgIpc) is 2.37. The van der Waals surface area contributed by atoms with Crippen LogP contribution in [0.3, 0.4) is 0 Å². The van der Waals surface area contributed by atoms with Gasteiger partial charge >= 0.3 is 0 Å². The molecule has 0 radical (unpaired) electrons. The third-order valence-electron chi connectivity index (χ3n) is 3.60. The normalized spacial score (nSPS) is 13.1. The monoisotopic (exact) mass is 262 g/mol. The lowest BCUT2D eigenvalue weighted by atomic mass is 9.98. The summed E-state index contributed by atoms with van der Waals surface area (Å²) in [5.41, 5.74) is 3.05. The van der Waals surface area contributed by atoms with Crippen molar-refractivity contribution < 1.29 is 4.79 Å². The highest BCUT2D eigenvalue weighted by molar-refractivity contribution is 6.01. The molecule has 0 aliphatic carbocycles. The van der Waals surface area contributed by atoms with E-state index in [1.54, 1.807) is 0 Å². The van der Waals surface area contributed by atoms with Crippen molar-refractivity contribution in [3.63, 3.8) is 0 Å². The van der Waals surface area contributed by atoms with Gasteiger partial charge in [-0.2, -0.15) is 0 Å². The van der Waals surface area contributed by atoms with Crippen molar-refractivity contribution in [2.75, 3.05) is 34.2 Å². The maximum atomic E-state index is 12.5. The van der Waals surface area contributed by atoms with Crippen LogP contribution in [0.2, 0.25) is 0 Å². The van der Waals surface area contributed by atoms with E-state index in [2.05, 4.69) is 9.80 Å². The standard InChI is InChI=1S/C16H26N2O/c1-12-7-8-13(2)15(11-12)16(19)14(3)18(6)10-9-17(4)5/h7-8,11,14H,9-10H2,1-6H3. The number of carbonyl (C=O) groups is 1. The number of nitrogens with zero attached hydrogens (tertiary/aromatic N) is 2. The first-order valence-electron chi connectivity index (χ1n) is 6.79. The van der Waals surface area contributed by atoms with Gasteiger partial charge in [0.2, 0.25) is 0 Å². The first-order valence-corrected chi connectivity index (χ1v) is 6.79. The quantitative estimate of drug-likeness (QED) is 0.735. The predicted molar refractivity (Wildman–Crippen MR) is 80.9 cm³/mol. The minimum atomic E-state index is -0.0829. The Kier molecular flexibility index (Phi) is 5.70. The number of ketones is 1. The number of Topliss-reactive ketones (excluding diaryl/α,β-unsaturated/α-hetero) is 1. The second-order valence-electron chi connectivity index (χ2n) is 5.64. The summed E-state index contributed by atoms with van der Waals surface area (Å²) in [5, 5.41) is 0. The highest BCUT2D eigenvalue weighted by Crippen LogP contribution is 2.15. The molecule has 0 fully saturated rings. The van der Waals surface area contributed by atoms with Gasteiger partial charge in [-0.05, 0) is 53.5 Å². The molecule has 1 aromatic rings. The highest BCUT2D eigenvalue weighted by atomic mass is 16.1. The Balaban J connectivity index is 2.78. The smallest absolute Gasteiger partial charge is 0.179 e. The van der Waals surface area contributed by atoms with E-state index in [0.29, 0.717) is 0 Å². The predicted octanol–water partition coefficient (Wildman–Crippen LogP) is 2.37. The topological polar surface area (TPSA) is 23.6 Å². The summed E-state index contributed by atoms with van der Waals surface area (Å²) in [6.45, 7) is 7.86. The largest absolute Gasteiger partial charge is 0.308 e. The van der Waals surface area contributed by atoms with Gasteiger partial charge in [0, 0.05) is 18.7 Å². The molecule has 0 spiro atoms. The molecule has 0 aromatic heterocycles. The van der Waals surface area contributed by atoms with Gasteiger partial charge in [-0.25, -0.2) is 0 Å². The molecule has 0 N–H and O–H groups in total. The second-order valence-corrected chi connectivity index (χ2v) is 5.64. The Hall–Kier alpha value is -1.19. The average molecular weight is 262 g/mol. The van der Waals surface area contributed by atoms with E-state index >= 15 is 0 Å². The third kappa shape index (κ3) is 4.44. The molecular formula is C16H26N2O. The van der Waals surface area contributed by atoms with E-state index in [1.165, 1.54) is 0 Å². The lowest BCUT2D eigenvalue weighted by Crippen LogP contribution is -2.40. The number of aryl methyl sites for hydroxylation is 2. The Morgan fingerprint density at radius 1 is 1.16 bits per heavy atom. The lowest BCUT2D eigenvalue weighted by molar-refractivity contribution is 0.0861. The molecule has 106 valence electrons. The van der Waals surface area contributed by atoms with Gasteiger partial charge in [0.05, 0.1) is 6.04 Å². The van der Waals surface area contributed by atoms with Crippen molar-refractivity contribution in [1.29, 1.82) is 0 Å². The summed E-state index contributed by atoms with van der Waals surface area (Å²) in [6, 6.07) is 5.98. The maximum Gasteiger partial charge on any atom is 0.179 e. The van der Waals surface area contributed by atoms with Crippen molar-refractivity contribution >= 4 is 5.78 Å². The van der Waals surface area contributed by atoms with Crippen LogP contribution < -0.4 is 0 Å². The molecule has 0 bridgehead atoms. The van der Waals surface area contributed by atoms with Crippen LogP contribution in [0, 0.1) is 13.8 Å². The van der Waals surface area contributed by atoms with E-state index in [-0.39, 0.29) is 11.8 Å². The van der Waals surface area contributed by atoms with Crippen molar-refractivity contribution in [3.05, 3.63) is 34.9 Å². The van der Waals surface area contributed by atoms with Gasteiger partial charge in [-0.1, -0.05) is 17.7 Å². The first-order chi connectivity index (χ1) is 8.82. The van der Waals surface area contributed by atoms with Crippen LogP contribution in [-0.2, 0) is 0 Å². The van der Waals surface area contributed by atoms with Crippen molar-refractivity contribution in [3.8, 4) is 0 Å². The number of benzene rings is 1. The molecule has 0 saturated carbocycles. The fraction of sp³-hybridized carbons (Fsp3) is 0.562. The van der Waals surface area contributed by atoms with Gasteiger partial charge < -0.3 is 4.90 Å². The fourth-order valence-electron chi connectivity index (χ4n) is 1.98. The molecule has 1 atom stereocenters. The molecule has 3 nitrogen and oxygen atoms in total. The summed E-state index contributed by atoms with van der Waals surface area (Å²) >= 11 is 0. The Bertz CT molecular complexity index is 440. The minimum Gasteiger partial charge on any atom is -0.308 e. The van der Waals surface area contributed by atoms with E-state index in [1.807, 2.05) is 60.1 Å². The second kappa shape index (κ2) is 6.83. The minimum absolute atomic E-state index is 0.0829. The van der Waals surface area contributed by atoms with Gasteiger partial charge in [0.1, 0.15) is 0 Å². The van der Waals surface area contributed by atoms with Crippen LogP contribution in [0.4, 0.5) is 0 Å². The SMILES string of the molecule is Cc1ccc(C)c(C(=O)C(C)N(C)CCN(C)C)c1. The van der Waals surface area contributed by atoms with Crippen molar-refractivity contribution in [2.45, 2.75) is 26.8 Å². The van der Waals surface area contributed by atoms with E-state index in [0.717, 1.165) is 29.8 Å². The van der Waals surface area contributed by atoms with Gasteiger partial charge in [0.25, 0.3) is 0 Å². The molecule has 3 heteroatoms. The molecule has 0 aliphatic rings. The lowest BCUT2D eigenvalue weighted by Gasteiger charge is -2.25. The van der Waals surface area contributed by atoms with Gasteiger partial charge in [-0.3, -0.25) is 9.69 Å². The highest BCUT2D eigenvalue weighted by Gasteiger charge is 2.20. The third-order valence-corrected chi connectivity index (χ3v) is 3.60. The molecule has 1 rings (SSSR count). The Labute approximate surface area is 117 Å². The van der Waals surface area contributed by atoms with E-state index in [9.17, 15) is 4.79 Å². The summed E-state index contributed by atoms with van der Waals surface area (Å²) in [5.74, 6) is 0.211. The molecule has 0 aliphatic heterocycles. The molecular weight excluding hydrogens is 236 g/mol. The van der Waals surface area contributed by atoms with Gasteiger partial charge in [0.15, 0.2) is 5.78 Å². The zero-order valence-corrected chi connectivity index (χ0v) is 13.0. The number of hydrogen-bond acceptors (Lipinski definition) is 3. The van der Waals surface area contributed by atoms with E-state index in [4.69, 9.17) is 0 Å². The summed E-state index contributed by atoms with van der Waals surface area (Å²) in [6.07, 6.45) is 0. The van der Waals surface area contributed by atoms with Crippen LogP contribution in [0.5, 0.6) is 0 Å². The summed E-state index contributed by atoms with van der Waals surface area (Å²) in [4.78, 5) is 16.8. The zero-order chi connectivity index (χ0) is 14.6. The molecule has 19 heavy (non-hydrogen) atoms. The maximum absolute atomic E-state index is 12.5. The van der Waals surface area contributed by atoms with E-state index < -0.39 is 0 Å². The van der Waals surface area contributed by atoms with Crippen LogP contribution in [0.15, 0.2) is 18.2 Å². The van der Waals surface area contributed by atoms with Crippen LogP contribution in [0.25, 0.3) is 0 Å². The van der Waals surface area contributed by atoms with Crippen LogP contribution in [-0.4, -0.2) is 55.9 Å². The Morgan fingerprint density at radius 2 is 1.79 bits per heavy atom. The summed E-state index contributed by atoms with van der Waals surface area (Å²) in [7, 11) is 6.10. The number of likely N-dealkylation sites (N-methyl/N-ethyl adjacent to an activating group) is 2. The van der Waals surface area contributed by atoms with Gasteiger partial charge in [-0.15, -0.1) is 0 Å². The molecule has 1 unspecified atom stereocenters. The molecule has 0 amide bonds.